The Morgan fingerprint density at radius 2 is 2.50 bits per heavy atom. The summed E-state index contributed by atoms with van der Waals surface area (Å²) in [4.78, 5) is 22.9. The van der Waals surface area contributed by atoms with Crippen LogP contribution in [0.1, 0.15) is 6.42 Å². The molecule has 1 unspecified atom stereocenters. The average molecular weight is 169 g/mol. The van der Waals surface area contributed by atoms with Crippen molar-refractivity contribution in [1.82, 2.24) is 4.90 Å². The van der Waals surface area contributed by atoms with Crippen LogP contribution in [0.15, 0.2) is 12.7 Å². The van der Waals surface area contributed by atoms with Gasteiger partial charge in [-0.15, -0.1) is 6.58 Å². The normalized spacial score (nSPS) is 22.8. The van der Waals surface area contributed by atoms with Crippen molar-refractivity contribution in [3.8, 4) is 0 Å². The minimum absolute atomic E-state index is 0.118. The van der Waals surface area contributed by atoms with Crippen molar-refractivity contribution in [2.45, 2.75) is 6.42 Å². The zero-order valence-corrected chi connectivity index (χ0v) is 6.69. The van der Waals surface area contributed by atoms with Crippen LogP contribution in [0.5, 0.6) is 0 Å². The van der Waals surface area contributed by atoms with Crippen LogP contribution in [0, 0.1) is 5.92 Å². The van der Waals surface area contributed by atoms with Gasteiger partial charge in [-0.1, -0.05) is 6.08 Å². The Labute approximate surface area is 70.5 Å². The number of carbonyl (C=O) groups excluding carboxylic acids is 1. The Morgan fingerprint density at radius 1 is 1.83 bits per heavy atom. The van der Waals surface area contributed by atoms with Gasteiger partial charge in [-0.3, -0.25) is 9.59 Å². The third-order valence-electron chi connectivity index (χ3n) is 1.95. The molecule has 1 N–H and O–H groups in total. The molecule has 12 heavy (non-hydrogen) atoms. The first-order chi connectivity index (χ1) is 5.65. The first kappa shape index (κ1) is 8.77. The van der Waals surface area contributed by atoms with Gasteiger partial charge in [-0.25, -0.2) is 0 Å². The summed E-state index contributed by atoms with van der Waals surface area (Å²) in [6, 6.07) is 0. The lowest BCUT2D eigenvalue weighted by Gasteiger charge is -2.11. The van der Waals surface area contributed by atoms with Crippen LogP contribution in [-0.4, -0.2) is 35.0 Å². The molecule has 1 atom stereocenters. The van der Waals surface area contributed by atoms with Gasteiger partial charge < -0.3 is 10.0 Å². The molecule has 4 nitrogen and oxygen atoms in total. The van der Waals surface area contributed by atoms with Crippen LogP contribution < -0.4 is 0 Å². The molecule has 4 heteroatoms. The van der Waals surface area contributed by atoms with E-state index in [1.54, 1.807) is 6.08 Å². The van der Waals surface area contributed by atoms with Crippen molar-refractivity contribution in [3.05, 3.63) is 12.7 Å². The van der Waals surface area contributed by atoms with Crippen LogP contribution in [0.25, 0.3) is 0 Å². The predicted octanol–water partition coefficient (Wildman–Crippen LogP) is 0.106. The number of carbonyl (C=O) groups is 2. The van der Waals surface area contributed by atoms with Crippen molar-refractivity contribution in [2.75, 3.05) is 13.1 Å². The highest BCUT2D eigenvalue weighted by atomic mass is 16.4. The van der Waals surface area contributed by atoms with E-state index in [9.17, 15) is 9.59 Å². The first-order valence-electron chi connectivity index (χ1n) is 3.78. The van der Waals surface area contributed by atoms with Gasteiger partial charge in [0.25, 0.3) is 0 Å². The maximum atomic E-state index is 11.3. The molecule has 1 saturated heterocycles. The molecular formula is C8H11NO3. The van der Waals surface area contributed by atoms with E-state index in [-0.39, 0.29) is 18.4 Å². The summed E-state index contributed by atoms with van der Waals surface area (Å²) in [6.45, 7) is 3.85. The summed E-state index contributed by atoms with van der Waals surface area (Å²) < 4.78 is 0. The van der Waals surface area contributed by atoms with Crippen molar-refractivity contribution in [3.63, 3.8) is 0 Å². The molecular weight excluding hydrogens is 158 g/mol. The van der Waals surface area contributed by atoms with E-state index in [0.29, 0.717) is 13.0 Å². The lowest BCUT2D eigenvalue weighted by atomic mass is 10.1. The Balaban J connectivity index is 2.54. The molecule has 1 fully saturated rings. The van der Waals surface area contributed by atoms with Crippen molar-refractivity contribution >= 4 is 11.9 Å². The van der Waals surface area contributed by atoms with E-state index in [1.165, 1.54) is 4.90 Å². The number of amides is 1. The fourth-order valence-electron chi connectivity index (χ4n) is 1.30. The zero-order chi connectivity index (χ0) is 9.14. The second-order valence-corrected chi connectivity index (χ2v) is 2.78. The molecule has 0 aromatic heterocycles. The fraction of sp³-hybridized carbons (Fsp3) is 0.500. The molecule has 1 aliphatic heterocycles. The first-order valence-corrected chi connectivity index (χ1v) is 3.78. The van der Waals surface area contributed by atoms with Crippen molar-refractivity contribution in [1.29, 1.82) is 0 Å². The zero-order valence-electron chi connectivity index (χ0n) is 6.69. The Bertz CT molecular complexity index is 224. The number of carboxylic acid groups (broad SMARTS) is 1. The van der Waals surface area contributed by atoms with E-state index in [0.717, 1.165) is 0 Å². The maximum absolute atomic E-state index is 11.3. The molecule has 0 aromatic carbocycles. The molecule has 0 aliphatic carbocycles. The Morgan fingerprint density at radius 3 is 2.92 bits per heavy atom. The van der Waals surface area contributed by atoms with Gasteiger partial charge in [0.15, 0.2) is 0 Å². The number of rotatable bonds is 3. The second-order valence-electron chi connectivity index (χ2n) is 2.78. The monoisotopic (exact) mass is 169 g/mol. The van der Waals surface area contributed by atoms with Gasteiger partial charge in [0, 0.05) is 6.54 Å². The molecule has 0 radical (unpaired) electrons. The summed E-state index contributed by atoms with van der Waals surface area (Å²) in [7, 11) is 0. The van der Waals surface area contributed by atoms with E-state index in [4.69, 9.17) is 5.11 Å². The minimum Gasteiger partial charge on any atom is -0.480 e. The van der Waals surface area contributed by atoms with Crippen molar-refractivity contribution < 1.29 is 14.7 Å². The van der Waals surface area contributed by atoms with Gasteiger partial charge in [-0.05, 0) is 6.42 Å². The van der Waals surface area contributed by atoms with Crippen molar-refractivity contribution in [2.24, 2.45) is 5.92 Å². The molecule has 0 saturated carbocycles. The highest BCUT2D eigenvalue weighted by Crippen LogP contribution is 2.17. The number of nitrogens with zero attached hydrogens (tertiary/aromatic N) is 1. The molecule has 1 aliphatic rings. The highest BCUT2D eigenvalue weighted by Gasteiger charge is 2.30. The molecule has 1 heterocycles. The maximum Gasteiger partial charge on any atom is 0.323 e. The number of hydrogen-bond donors (Lipinski definition) is 1. The van der Waals surface area contributed by atoms with Crippen LogP contribution in [0.4, 0.5) is 0 Å². The number of aliphatic carboxylic acids is 1. The molecule has 0 spiro atoms. The smallest absolute Gasteiger partial charge is 0.323 e. The van der Waals surface area contributed by atoms with Crippen LogP contribution in [0.3, 0.4) is 0 Å². The molecule has 66 valence electrons. The van der Waals surface area contributed by atoms with Gasteiger partial charge >= 0.3 is 5.97 Å². The molecule has 0 aromatic rings. The summed E-state index contributed by atoms with van der Waals surface area (Å²) in [6.07, 6.45) is 2.26. The number of carboxylic acids is 1. The number of likely N-dealkylation sites (tertiary alicyclic amines) is 1. The third kappa shape index (κ3) is 1.64. The van der Waals surface area contributed by atoms with E-state index in [1.807, 2.05) is 0 Å². The van der Waals surface area contributed by atoms with Crippen LogP contribution in [-0.2, 0) is 9.59 Å². The van der Waals surface area contributed by atoms with E-state index < -0.39 is 5.97 Å². The number of hydrogen-bond acceptors (Lipinski definition) is 2. The fourth-order valence-corrected chi connectivity index (χ4v) is 1.30. The van der Waals surface area contributed by atoms with Crippen LogP contribution in [0.2, 0.25) is 0 Å². The lowest BCUT2D eigenvalue weighted by Crippen LogP contribution is -2.32. The summed E-state index contributed by atoms with van der Waals surface area (Å²) in [5, 5.41) is 8.43. The second kappa shape index (κ2) is 3.38. The summed E-state index contributed by atoms with van der Waals surface area (Å²) >= 11 is 0. The standard InChI is InChI=1S/C8H11NO3/c1-2-6-3-4-9(8(6)12)5-7(10)11/h2,6H,1,3-5H2,(H,10,11). The summed E-state index contributed by atoms with van der Waals surface area (Å²) in [5.41, 5.74) is 0. The third-order valence-corrected chi connectivity index (χ3v) is 1.95. The SMILES string of the molecule is C=CC1CCN(CC(=O)O)C1=O. The van der Waals surface area contributed by atoms with Crippen LogP contribution >= 0.6 is 0 Å². The minimum atomic E-state index is -0.965. The topological polar surface area (TPSA) is 57.6 Å². The average Bonchev–Trinajstić information content (AvgIpc) is 2.32. The van der Waals surface area contributed by atoms with Gasteiger partial charge in [0.2, 0.25) is 5.91 Å². The quantitative estimate of drug-likeness (QED) is 0.610. The Kier molecular flexibility index (Phi) is 2.47. The van der Waals surface area contributed by atoms with E-state index >= 15 is 0 Å². The summed E-state index contributed by atoms with van der Waals surface area (Å²) in [5.74, 6) is -1.26. The lowest BCUT2D eigenvalue weighted by molar-refractivity contribution is -0.143. The molecule has 1 amide bonds. The van der Waals surface area contributed by atoms with Gasteiger partial charge in [0.05, 0.1) is 5.92 Å². The Hall–Kier alpha value is -1.32. The predicted molar refractivity (Wildman–Crippen MR) is 42.5 cm³/mol. The molecule has 0 bridgehead atoms. The highest BCUT2D eigenvalue weighted by molar-refractivity contribution is 5.85. The largest absolute Gasteiger partial charge is 0.480 e. The van der Waals surface area contributed by atoms with Gasteiger partial charge in [0.1, 0.15) is 6.54 Å². The molecule has 1 rings (SSSR count). The van der Waals surface area contributed by atoms with Gasteiger partial charge in [-0.2, -0.15) is 0 Å². The van der Waals surface area contributed by atoms with E-state index in [2.05, 4.69) is 6.58 Å².